The van der Waals surface area contributed by atoms with Gasteiger partial charge in [-0.15, -0.1) is 0 Å². The number of nitrogens with zero attached hydrogens (tertiary/aromatic N) is 1. The Labute approximate surface area is 103 Å². The highest BCUT2D eigenvalue weighted by Crippen LogP contribution is 2.29. The van der Waals surface area contributed by atoms with Gasteiger partial charge in [0.15, 0.2) is 0 Å². The molecule has 0 N–H and O–H groups in total. The molecular weight excluding hydrogens is 206 g/mol. The van der Waals surface area contributed by atoms with Gasteiger partial charge in [0.2, 0.25) is 0 Å². The number of hydrogen-bond acceptors (Lipinski definition) is 1. The van der Waals surface area contributed by atoms with Crippen molar-refractivity contribution in [3.63, 3.8) is 0 Å². The van der Waals surface area contributed by atoms with Crippen LogP contribution in [0.4, 0.5) is 0 Å². The largest absolute Gasteiger partial charge is 0.285 e. The average molecular weight is 223 g/mol. The second-order valence-corrected chi connectivity index (χ2v) is 4.75. The van der Waals surface area contributed by atoms with E-state index in [0.717, 1.165) is 19.5 Å². The van der Waals surface area contributed by atoms with Crippen LogP contribution in [0.2, 0.25) is 0 Å². The topological polar surface area (TPSA) is 3.24 Å². The van der Waals surface area contributed by atoms with Crippen LogP contribution in [0.15, 0.2) is 53.6 Å². The predicted molar refractivity (Wildman–Crippen MR) is 70.1 cm³/mol. The van der Waals surface area contributed by atoms with Crippen LogP contribution >= 0.6 is 0 Å². The molecule has 0 atom stereocenters. The molecule has 0 bridgehead atoms. The fourth-order valence-corrected chi connectivity index (χ4v) is 2.53. The van der Waals surface area contributed by atoms with Gasteiger partial charge in [0.05, 0.1) is 6.54 Å². The number of rotatable bonds is 2. The first kappa shape index (κ1) is 10.8. The Hall–Kier alpha value is -1.34. The van der Waals surface area contributed by atoms with Crippen molar-refractivity contribution in [2.24, 2.45) is 0 Å². The maximum atomic E-state index is 3.55. The van der Waals surface area contributed by atoms with Crippen molar-refractivity contribution < 1.29 is 0 Å². The molecule has 17 heavy (non-hydrogen) atoms. The number of allylic oxidation sites excluding steroid dienone is 2. The lowest BCUT2D eigenvalue weighted by Crippen LogP contribution is -2.20. The lowest BCUT2D eigenvalue weighted by Gasteiger charge is -2.19. The van der Waals surface area contributed by atoms with Crippen molar-refractivity contribution in [2.45, 2.75) is 25.8 Å². The molecule has 1 heteroatoms. The van der Waals surface area contributed by atoms with Gasteiger partial charge in [0, 0.05) is 6.54 Å². The van der Waals surface area contributed by atoms with Crippen LogP contribution in [-0.2, 0) is 6.54 Å². The molecule has 1 heterocycles. The van der Waals surface area contributed by atoms with Crippen LogP contribution in [0.3, 0.4) is 0 Å². The molecule has 2 radical (unpaired) electrons. The van der Waals surface area contributed by atoms with Crippen molar-refractivity contribution in [3.05, 3.63) is 65.7 Å². The molecule has 0 aromatic heterocycles. The summed E-state index contributed by atoms with van der Waals surface area (Å²) in [5, 5.41) is 0. The van der Waals surface area contributed by atoms with Crippen molar-refractivity contribution in [2.75, 3.05) is 6.54 Å². The van der Waals surface area contributed by atoms with E-state index >= 15 is 0 Å². The van der Waals surface area contributed by atoms with Gasteiger partial charge < -0.3 is 0 Å². The van der Waals surface area contributed by atoms with Crippen LogP contribution in [0, 0.1) is 6.54 Å². The fourth-order valence-electron chi connectivity index (χ4n) is 2.53. The molecule has 3 rings (SSSR count). The molecule has 0 saturated heterocycles. The quantitative estimate of drug-likeness (QED) is 0.740. The predicted octanol–water partition coefficient (Wildman–Crippen LogP) is 3.58. The first-order valence-electron chi connectivity index (χ1n) is 6.36. The summed E-state index contributed by atoms with van der Waals surface area (Å²) in [7, 11) is 0. The summed E-state index contributed by atoms with van der Waals surface area (Å²) < 4.78 is 0. The third-order valence-corrected chi connectivity index (χ3v) is 3.43. The minimum absolute atomic E-state index is 0.978. The van der Waals surface area contributed by atoms with E-state index < -0.39 is 0 Å². The highest BCUT2D eigenvalue weighted by Gasteiger charge is 2.18. The molecule has 0 fully saturated rings. The Morgan fingerprint density at radius 3 is 2.94 bits per heavy atom. The molecule has 0 unspecified atom stereocenters. The Morgan fingerprint density at radius 1 is 1.18 bits per heavy atom. The van der Waals surface area contributed by atoms with Crippen LogP contribution < -0.4 is 0 Å². The van der Waals surface area contributed by atoms with Crippen LogP contribution in [-0.4, -0.2) is 11.4 Å². The van der Waals surface area contributed by atoms with Gasteiger partial charge in [0.25, 0.3) is 0 Å². The zero-order valence-corrected chi connectivity index (χ0v) is 10.0. The van der Waals surface area contributed by atoms with E-state index in [-0.39, 0.29) is 0 Å². The maximum Gasteiger partial charge on any atom is 0.0965 e. The number of hydrogen-bond donors (Lipinski definition) is 0. The molecule has 0 saturated carbocycles. The van der Waals surface area contributed by atoms with E-state index in [1.54, 1.807) is 5.57 Å². The third kappa shape index (κ3) is 2.50. The van der Waals surface area contributed by atoms with Gasteiger partial charge in [-0.3, -0.25) is 4.90 Å². The molecule has 1 nitrogen and oxygen atoms in total. The van der Waals surface area contributed by atoms with Crippen LogP contribution in [0.1, 0.15) is 24.8 Å². The second kappa shape index (κ2) is 4.89. The van der Waals surface area contributed by atoms with Crippen molar-refractivity contribution in [3.8, 4) is 0 Å². The zero-order chi connectivity index (χ0) is 11.5. The summed E-state index contributed by atoms with van der Waals surface area (Å²) in [4.78, 5) is 2.33. The van der Waals surface area contributed by atoms with E-state index in [1.807, 2.05) is 0 Å². The minimum atomic E-state index is 0.978. The SMILES string of the molecule is [C]1C2=C(CC=C2)CCCN1Cc1ccccc1. The molecule has 0 spiro atoms. The van der Waals surface area contributed by atoms with Crippen LogP contribution in [0.25, 0.3) is 0 Å². The van der Waals surface area contributed by atoms with Crippen LogP contribution in [0.5, 0.6) is 0 Å². The molecule has 1 aliphatic heterocycles. The molecule has 1 aliphatic carbocycles. The van der Waals surface area contributed by atoms with Gasteiger partial charge >= 0.3 is 0 Å². The standard InChI is InChI=1S/C16H17N/c1-2-6-14(7-3-1)12-17-11-5-10-15-8-4-9-16(15)13-17/h1-4,6-7,9H,5,8,10-12H2. The van der Waals surface area contributed by atoms with E-state index in [9.17, 15) is 0 Å². The zero-order valence-electron chi connectivity index (χ0n) is 10.0. The molecule has 86 valence electrons. The summed E-state index contributed by atoms with van der Waals surface area (Å²) in [5.41, 5.74) is 4.27. The summed E-state index contributed by atoms with van der Waals surface area (Å²) in [6.07, 6.45) is 8.10. The smallest absolute Gasteiger partial charge is 0.0965 e. The average Bonchev–Trinajstić information content (AvgIpc) is 2.70. The Balaban J connectivity index is 1.70. The maximum absolute atomic E-state index is 3.55. The molecule has 2 aliphatic rings. The second-order valence-electron chi connectivity index (χ2n) is 4.75. The summed E-state index contributed by atoms with van der Waals surface area (Å²) in [6.45, 7) is 5.65. The lowest BCUT2D eigenvalue weighted by molar-refractivity contribution is 0.338. The van der Waals surface area contributed by atoms with E-state index in [1.165, 1.54) is 24.0 Å². The van der Waals surface area contributed by atoms with E-state index in [0.29, 0.717) is 0 Å². The Bertz CT molecular complexity index is 442. The Morgan fingerprint density at radius 2 is 2.06 bits per heavy atom. The Kier molecular flexibility index (Phi) is 3.10. The van der Waals surface area contributed by atoms with Gasteiger partial charge in [0.1, 0.15) is 0 Å². The highest BCUT2D eigenvalue weighted by atomic mass is 15.1. The monoisotopic (exact) mass is 223 g/mol. The molecule has 0 amide bonds. The van der Waals surface area contributed by atoms with Gasteiger partial charge in [-0.05, 0) is 36.9 Å². The summed E-state index contributed by atoms with van der Waals surface area (Å²) in [5.74, 6) is 0. The third-order valence-electron chi connectivity index (χ3n) is 3.43. The van der Waals surface area contributed by atoms with Gasteiger partial charge in [-0.25, -0.2) is 0 Å². The first-order valence-corrected chi connectivity index (χ1v) is 6.36. The van der Waals surface area contributed by atoms with Crippen molar-refractivity contribution in [1.29, 1.82) is 0 Å². The summed E-state index contributed by atoms with van der Waals surface area (Å²) >= 11 is 0. The van der Waals surface area contributed by atoms with Crippen molar-refractivity contribution in [1.82, 2.24) is 4.90 Å². The first-order chi connectivity index (χ1) is 8.42. The lowest BCUT2D eigenvalue weighted by atomic mass is 10.1. The van der Waals surface area contributed by atoms with E-state index in [2.05, 4.69) is 53.9 Å². The molecular formula is C16H17N. The highest BCUT2D eigenvalue weighted by molar-refractivity contribution is 5.39. The minimum Gasteiger partial charge on any atom is -0.285 e. The summed E-state index contributed by atoms with van der Waals surface area (Å²) in [6, 6.07) is 10.7. The van der Waals surface area contributed by atoms with Crippen molar-refractivity contribution >= 4 is 0 Å². The molecule has 1 aromatic carbocycles. The normalized spacial score (nSPS) is 20.5. The number of benzene rings is 1. The fraction of sp³-hybridized carbons (Fsp3) is 0.312. The molecule has 1 aromatic rings. The van der Waals surface area contributed by atoms with E-state index in [4.69, 9.17) is 0 Å². The van der Waals surface area contributed by atoms with Gasteiger partial charge in [-0.2, -0.15) is 0 Å². The van der Waals surface area contributed by atoms with Gasteiger partial charge in [-0.1, -0.05) is 48.1 Å².